The zero-order chi connectivity index (χ0) is 14.3. The highest BCUT2D eigenvalue weighted by atomic mass is 35.5. The van der Waals surface area contributed by atoms with Gasteiger partial charge in [-0.2, -0.15) is 0 Å². The zero-order valence-electron chi connectivity index (χ0n) is 10.2. The van der Waals surface area contributed by atoms with Gasteiger partial charge in [0.05, 0.1) is 10.7 Å². The lowest BCUT2D eigenvalue weighted by Gasteiger charge is -2.04. The molecule has 1 N–H and O–H groups in total. The summed E-state index contributed by atoms with van der Waals surface area (Å²) in [6.45, 7) is 1.29. The van der Waals surface area contributed by atoms with E-state index < -0.39 is 5.82 Å². The summed E-state index contributed by atoms with van der Waals surface area (Å²) in [7, 11) is 0. The lowest BCUT2D eigenvalue weighted by Crippen LogP contribution is -2.07. The van der Waals surface area contributed by atoms with Crippen molar-refractivity contribution in [1.82, 2.24) is 0 Å². The molecular weight excluding hydrogens is 288 g/mol. The van der Waals surface area contributed by atoms with Gasteiger partial charge in [-0.25, -0.2) is 4.39 Å². The number of nitrogens with one attached hydrogen (secondary N) is 1. The second-order valence-corrected chi connectivity index (χ2v) is 4.42. The third-order valence-corrected chi connectivity index (χ3v) is 2.56. The quantitative estimate of drug-likeness (QED) is 0.807. The van der Waals surface area contributed by atoms with E-state index in [1.807, 2.05) is 30.3 Å². The van der Waals surface area contributed by atoms with Gasteiger partial charge in [-0.15, -0.1) is 0 Å². The van der Waals surface area contributed by atoms with E-state index in [-0.39, 0.29) is 16.6 Å². The van der Waals surface area contributed by atoms with Crippen LogP contribution in [0.4, 0.5) is 10.1 Å². The maximum Gasteiger partial charge on any atom is 0.221 e. The summed E-state index contributed by atoms with van der Waals surface area (Å²) in [5.41, 5.74) is 0.0340. The van der Waals surface area contributed by atoms with Crippen LogP contribution in [0.3, 0.4) is 0 Å². The molecule has 2 aromatic carbocycles. The standard InChI is InChI=1S/C8H7ClFNO.C6H5Cl/c1-5(12)11-8-6(9)3-2-4-7(8)10;7-6-4-2-1-3-5-6/h2-4H,1H3,(H,11,12);1-5H. The predicted molar refractivity (Wildman–Crippen MR) is 77.2 cm³/mol. The minimum atomic E-state index is -0.530. The Balaban J connectivity index is 0.000000218. The third-order valence-electron chi connectivity index (χ3n) is 2.00. The van der Waals surface area contributed by atoms with Gasteiger partial charge in [-0.3, -0.25) is 4.79 Å². The average molecular weight is 300 g/mol. The molecule has 0 heterocycles. The van der Waals surface area contributed by atoms with Crippen LogP contribution in [0.5, 0.6) is 0 Å². The highest BCUT2D eigenvalue weighted by molar-refractivity contribution is 6.33. The van der Waals surface area contributed by atoms with Crippen molar-refractivity contribution in [1.29, 1.82) is 0 Å². The molecule has 2 aromatic rings. The van der Waals surface area contributed by atoms with Crippen LogP contribution in [0, 0.1) is 5.82 Å². The molecule has 5 heteroatoms. The number of para-hydroxylation sites is 1. The Kier molecular flexibility index (Phi) is 6.33. The van der Waals surface area contributed by atoms with Gasteiger partial charge in [-0.1, -0.05) is 47.5 Å². The molecule has 2 rings (SSSR count). The van der Waals surface area contributed by atoms with E-state index >= 15 is 0 Å². The van der Waals surface area contributed by atoms with Crippen LogP contribution in [-0.4, -0.2) is 5.91 Å². The average Bonchev–Trinajstić information content (AvgIpc) is 2.35. The van der Waals surface area contributed by atoms with Crippen LogP contribution in [0.1, 0.15) is 6.92 Å². The lowest BCUT2D eigenvalue weighted by atomic mass is 10.3. The Morgan fingerprint density at radius 3 is 2.11 bits per heavy atom. The van der Waals surface area contributed by atoms with Gasteiger partial charge in [0.2, 0.25) is 5.91 Å². The summed E-state index contributed by atoms with van der Waals surface area (Å²) in [6.07, 6.45) is 0. The second kappa shape index (κ2) is 7.77. The molecule has 0 saturated heterocycles. The Bertz CT molecular complexity index is 526. The summed E-state index contributed by atoms with van der Waals surface area (Å²) < 4.78 is 12.9. The van der Waals surface area contributed by atoms with Gasteiger partial charge in [0, 0.05) is 11.9 Å². The number of rotatable bonds is 1. The van der Waals surface area contributed by atoms with Crippen molar-refractivity contribution in [3.8, 4) is 0 Å². The topological polar surface area (TPSA) is 29.1 Å². The molecule has 2 nitrogen and oxygen atoms in total. The number of anilines is 1. The van der Waals surface area contributed by atoms with Crippen molar-refractivity contribution >= 4 is 34.8 Å². The molecule has 1 amide bonds. The summed E-state index contributed by atoms with van der Waals surface area (Å²) in [4.78, 5) is 10.6. The molecular formula is C14H12Cl2FNO. The number of carbonyl (C=O) groups is 1. The fraction of sp³-hybridized carbons (Fsp3) is 0.0714. The number of amides is 1. The van der Waals surface area contributed by atoms with E-state index in [9.17, 15) is 9.18 Å². The Morgan fingerprint density at radius 1 is 1.05 bits per heavy atom. The maximum absolute atomic E-state index is 12.9. The molecule has 0 aliphatic heterocycles. The van der Waals surface area contributed by atoms with Gasteiger partial charge in [0.15, 0.2) is 0 Å². The lowest BCUT2D eigenvalue weighted by molar-refractivity contribution is -0.114. The van der Waals surface area contributed by atoms with E-state index in [4.69, 9.17) is 23.2 Å². The molecule has 0 saturated carbocycles. The summed E-state index contributed by atoms with van der Waals surface area (Å²) in [5.74, 6) is -0.875. The van der Waals surface area contributed by atoms with Gasteiger partial charge >= 0.3 is 0 Å². The molecule has 0 aromatic heterocycles. The van der Waals surface area contributed by atoms with Crippen LogP contribution in [0.2, 0.25) is 10.0 Å². The Labute approximate surface area is 121 Å². The Morgan fingerprint density at radius 2 is 1.68 bits per heavy atom. The monoisotopic (exact) mass is 299 g/mol. The molecule has 0 radical (unpaired) electrons. The molecule has 0 spiro atoms. The van der Waals surface area contributed by atoms with Crippen molar-refractivity contribution in [3.05, 3.63) is 64.4 Å². The van der Waals surface area contributed by atoms with Crippen LogP contribution in [0.15, 0.2) is 48.5 Å². The molecule has 0 unspecified atom stereocenters. The SMILES string of the molecule is CC(=O)Nc1c(F)cccc1Cl.Clc1ccccc1. The molecule has 100 valence electrons. The fourth-order valence-corrected chi connectivity index (χ4v) is 1.56. The summed E-state index contributed by atoms with van der Waals surface area (Å²) >= 11 is 11.2. The van der Waals surface area contributed by atoms with Crippen LogP contribution in [0.25, 0.3) is 0 Å². The Hall–Kier alpha value is -1.58. The van der Waals surface area contributed by atoms with E-state index in [0.29, 0.717) is 0 Å². The van der Waals surface area contributed by atoms with Gasteiger partial charge in [0.25, 0.3) is 0 Å². The van der Waals surface area contributed by atoms with Crippen molar-refractivity contribution in [2.45, 2.75) is 6.92 Å². The van der Waals surface area contributed by atoms with E-state index in [0.717, 1.165) is 5.02 Å². The van der Waals surface area contributed by atoms with E-state index in [2.05, 4.69) is 5.32 Å². The first-order valence-electron chi connectivity index (χ1n) is 5.43. The molecule has 0 atom stereocenters. The summed E-state index contributed by atoms with van der Waals surface area (Å²) in [5, 5.41) is 3.29. The normalized spacial score (nSPS) is 9.26. The van der Waals surface area contributed by atoms with Gasteiger partial charge in [0.1, 0.15) is 5.82 Å². The van der Waals surface area contributed by atoms with Gasteiger partial charge < -0.3 is 5.32 Å². The fourth-order valence-electron chi connectivity index (χ4n) is 1.21. The second-order valence-electron chi connectivity index (χ2n) is 3.57. The predicted octanol–water partition coefficient (Wildman–Crippen LogP) is 4.78. The van der Waals surface area contributed by atoms with Crippen LogP contribution < -0.4 is 5.32 Å². The first-order chi connectivity index (χ1) is 9.00. The number of hydrogen-bond donors (Lipinski definition) is 1. The van der Waals surface area contributed by atoms with Crippen molar-refractivity contribution in [3.63, 3.8) is 0 Å². The number of benzene rings is 2. The number of carbonyl (C=O) groups excluding carboxylic acids is 1. The molecule has 0 aliphatic rings. The maximum atomic E-state index is 12.9. The molecule has 0 bridgehead atoms. The smallest absolute Gasteiger partial charge is 0.221 e. The number of hydrogen-bond acceptors (Lipinski definition) is 1. The van der Waals surface area contributed by atoms with Crippen molar-refractivity contribution in [2.24, 2.45) is 0 Å². The van der Waals surface area contributed by atoms with Crippen molar-refractivity contribution < 1.29 is 9.18 Å². The van der Waals surface area contributed by atoms with E-state index in [1.165, 1.54) is 25.1 Å². The van der Waals surface area contributed by atoms with Crippen LogP contribution in [-0.2, 0) is 4.79 Å². The van der Waals surface area contributed by atoms with Gasteiger partial charge in [-0.05, 0) is 24.3 Å². The van der Waals surface area contributed by atoms with Crippen LogP contribution >= 0.6 is 23.2 Å². The highest BCUT2D eigenvalue weighted by Gasteiger charge is 2.06. The molecule has 0 aliphatic carbocycles. The minimum absolute atomic E-state index is 0.0340. The van der Waals surface area contributed by atoms with Crippen molar-refractivity contribution in [2.75, 3.05) is 5.32 Å². The molecule has 19 heavy (non-hydrogen) atoms. The van der Waals surface area contributed by atoms with E-state index in [1.54, 1.807) is 0 Å². The highest BCUT2D eigenvalue weighted by Crippen LogP contribution is 2.24. The third kappa shape index (κ3) is 5.73. The summed E-state index contributed by atoms with van der Waals surface area (Å²) in [6, 6.07) is 13.7. The zero-order valence-corrected chi connectivity index (χ0v) is 11.7. The largest absolute Gasteiger partial charge is 0.323 e. The first kappa shape index (κ1) is 15.5. The number of halogens is 3. The minimum Gasteiger partial charge on any atom is -0.323 e. The molecule has 0 fully saturated rings. The first-order valence-corrected chi connectivity index (χ1v) is 6.18.